The van der Waals surface area contributed by atoms with Crippen molar-refractivity contribution < 1.29 is 13.2 Å². The van der Waals surface area contributed by atoms with Gasteiger partial charge >= 0.3 is 6.18 Å². The number of fused-ring (bicyclic) bond motifs is 3. The minimum absolute atomic E-state index is 0.0975. The van der Waals surface area contributed by atoms with E-state index in [-0.39, 0.29) is 17.0 Å². The topological polar surface area (TPSA) is 41.0 Å². The summed E-state index contributed by atoms with van der Waals surface area (Å²) in [6, 6.07) is 5.84. The minimum Gasteiger partial charge on any atom is -0.356 e. The van der Waals surface area contributed by atoms with Gasteiger partial charge in [0.05, 0.1) is 11.0 Å². The quantitative estimate of drug-likeness (QED) is 0.728. The van der Waals surface area contributed by atoms with E-state index in [9.17, 15) is 18.0 Å². The summed E-state index contributed by atoms with van der Waals surface area (Å²) in [7, 11) is 0. The second-order valence-corrected chi connectivity index (χ2v) is 6.50. The fourth-order valence-corrected chi connectivity index (χ4v) is 3.63. The maximum atomic E-state index is 13.6. The van der Waals surface area contributed by atoms with E-state index in [1.54, 1.807) is 16.7 Å². The first kappa shape index (κ1) is 18.5. The van der Waals surface area contributed by atoms with Crippen LogP contribution in [0.25, 0.3) is 21.8 Å². The summed E-state index contributed by atoms with van der Waals surface area (Å²) in [6.07, 6.45) is -3.21. The molecule has 2 aromatic heterocycles. The molecule has 3 rings (SSSR count). The minimum atomic E-state index is -4.51. The fraction of sp³-hybridized carbons (Fsp3) is 0.421. The molecule has 3 aromatic rings. The van der Waals surface area contributed by atoms with Crippen LogP contribution in [0.1, 0.15) is 32.5 Å². The second kappa shape index (κ2) is 6.79. The molecule has 0 spiro atoms. The Kier molecular flexibility index (Phi) is 4.84. The molecule has 7 heteroatoms. The monoisotopic (exact) mass is 365 g/mol. The highest BCUT2D eigenvalue weighted by Gasteiger charge is 2.36. The van der Waals surface area contributed by atoms with Gasteiger partial charge in [0.2, 0.25) is 0 Å². The van der Waals surface area contributed by atoms with Crippen LogP contribution in [0.15, 0.2) is 35.3 Å². The molecule has 26 heavy (non-hydrogen) atoms. The Morgan fingerprint density at radius 3 is 2.46 bits per heavy atom. The largest absolute Gasteiger partial charge is 0.433 e. The number of aromatic amines is 1. The molecule has 2 heterocycles. The molecule has 1 atom stereocenters. The van der Waals surface area contributed by atoms with E-state index < -0.39 is 11.9 Å². The average molecular weight is 365 g/mol. The molecule has 0 bridgehead atoms. The Bertz CT molecular complexity index is 983. The van der Waals surface area contributed by atoms with Crippen molar-refractivity contribution >= 4 is 21.8 Å². The van der Waals surface area contributed by atoms with Crippen molar-refractivity contribution in [3.05, 3.63) is 46.4 Å². The van der Waals surface area contributed by atoms with Crippen molar-refractivity contribution in [2.75, 3.05) is 19.6 Å². The number of nitrogens with zero attached hydrogens (tertiary/aromatic N) is 2. The highest BCUT2D eigenvalue weighted by Crippen LogP contribution is 2.39. The SMILES string of the molecule is CCN(CC)CC(C)n1c2cc(=O)ccc2c2cc[nH]c(C(F)(F)F)c21. The summed E-state index contributed by atoms with van der Waals surface area (Å²) >= 11 is 0. The lowest BCUT2D eigenvalue weighted by molar-refractivity contribution is -0.140. The van der Waals surface area contributed by atoms with Crippen LogP contribution in [0.2, 0.25) is 0 Å². The molecule has 4 nitrogen and oxygen atoms in total. The van der Waals surface area contributed by atoms with E-state index in [1.807, 2.05) is 20.8 Å². The number of hydrogen-bond acceptors (Lipinski definition) is 2. The maximum Gasteiger partial charge on any atom is 0.433 e. The highest BCUT2D eigenvalue weighted by atomic mass is 19.4. The summed E-state index contributed by atoms with van der Waals surface area (Å²) in [5, 5.41) is 1.16. The smallest absolute Gasteiger partial charge is 0.356 e. The van der Waals surface area contributed by atoms with Gasteiger partial charge in [-0.25, -0.2) is 0 Å². The summed E-state index contributed by atoms with van der Waals surface area (Å²) in [4.78, 5) is 16.4. The Hall–Kier alpha value is -2.28. The number of H-pyrrole nitrogens is 1. The standard InChI is InChI=1S/C19H22F3N3O/c1-4-24(5-2)11-12(3)25-16-10-13(26)6-7-14(16)15-8-9-23-18(17(15)25)19(20,21)22/h6-10,12,23H,4-5,11H2,1-3H3. The van der Waals surface area contributed by atoms with Crippen molar-refractivity contribution in [2.24, 2.45) is 0 Å². The molecule has 0 aliphatic heterocycles. The Labute approximate surface area is 149 Å². The zero-order valence-corrected chi connectivity index (χ0v) is 15.0. The van der Waals surface area contributed by atoms with Gasteiger partial charge in [-0.3, -0.25) is 4.79 Å². The molecule has 0 saturated heterocycles. The number of benzene rings is 1. The third-order valence-corrected chi connectivity index (χ3v) is 4.87. The lowest BCUT2D eigenvalue weighted by atomic mass is 10.1. The molecule has 0 fully saturated rings. The van der Waals surface area contributed by atoms with Gasteiger partial charge in [0.15, 0.2) is 5.43 Å². The summed E-state index contributed by atoms with van der Waals surface area (Å²) < 4.78 is 42.6. The van der Waals surface area contributed by atoms with Crippen LogP contribution in [-0.4, -0.2) is 34.1 Å². The number of pyridine rings is 1. The second-order valence-electron chi connectivity index (χ2n) is 6.50. The van der Waals surface area contributed by atoms with Gasteiger partial charge in [-0.2, -0.15) is 13.2 Å². The van der Waals surface area contributed by atoms with E-state index in [0.717, 1.165) is 13.1 Å². The molecule has 1 aromatic carbocycles. The zero-order valence-electron chi connectivity index (χ0n) is 15.0. The van der Waals surface area contributed by atoms with Crippen LogP contribution in [0.3, 0.4) is 0 Å². The summed E-state index contributed by atoms with van der Waals surface area (Å²) in [6.45, 7) is 8.15. The van der Waals surface area contributed by atoms with Gasteiger partial charge < -0.3 is 14.5 Å². The van der Waals surface area contributed by atoms with Crippen molar-refractivity contribution in [1.82, 2.24) is 14.5 Å². The summed E-state index contributed by atoms with van der Waals surface area (Å²) in [5.74, 6) is 0. The van der Waals surface area contributed by atoms with Crippen molar-refractivity contribution in [3.8, 4) is 0 Å². The van der Waals surface area contributed by atoms with E-state index in [4.69, 9.17) is 0 Å². The van der Waals surface area contributed by atoms with Crippen molar-refractivity contribution in [1.29, 1.82) is 0 Å². The van der Waals surface area contributed by atoms with Crippen LogP contribution in [0.4, 0.5) is 13.2 Å². The van der Waals surface area contributed by atoms with Crippen LogP contribution < -0.4 is 5.43 Å². The molecule has 1 unspecified atom stereocenters. The molecular weight excluding hydrogens is 343 g/mol. The van der Waals surface area contributed by atoms with Crippen LogP contribution >= 0.6 is 0 Å². The lowest BCUT2D eigenvalue weighted by Crippen LogP contribution is -2.30. The third kappa shape index (κ3) is 3.11. The van der Waals surface area contributed by atoms with Gasteiger partial charge in [-0.15, -0.1) is 0 Å². The molecule has 0 aliphatic rings. The first-order valence-corrected chi connectivity index (χ1v) is 8.72. The number of alkyl halides is 3. The molecule has 0 amide bonds. The van der Waals surface area contributed by atoms with Gasteiger partial charge in [0, 0.05) is 35.6 Å². The molecule has 1 N–H and O–H groups in total. The van der Waals surface area contributed by atoms with Gasteiger partial charge in [0.1, 0.15) is 5.69 Å². The van der Waals surface area contributed by atoms with Crippen LogP contribution in [-0.2, 0) is 6.18 Å². The lowest BCUT2D eigenvalue weighted by Gasteiger charge is -2.25. The maximum absolute atomic E-state index is 13.6. The number of hydrogen-bond donors (Lipinski definition) is 1. The Balaban J connectivity index is 2.36. The van der Waals surface area contributed by atoms with Crippen LogP contribution in [0, 0.1) is 0 Å². The molecule has 0 radical (unpaired) electrons. The van der Waals surface area contributed by atoms with Gasteiger partial charge in [-0.05, 0) is 38.2 Å². The summed E-state index contributed by atoms with van der Waals surface area (Å²) in [5.41, 5.74) is -0.364. The number of likely N-dealkylation sites (N-methyl/N-ethyl adjacent to an activating group) is 1. The van der Waals surface area contributed by atoms with E-state index in [2.05, 4.69) is 9.88 Å². The molecule has 0 aliphatic carbocycles. The van der Waals surface area contributed by atoms with E-state index in [1.165, 1.54) is 18.3 Å². The van der Waals surface area contributed by atoms with Gasteiger partial charge in [0.25, 0.3) is 0 Å². The molecule has 140 valence electrons. The first-order valence-electron chi connectivity index (χ1n) is 8.72. The zero-order chi connectivity index (χ0) is 19.1. The Morgan fingerprint density at radius 1 is 1.15 bits per heavy atom. The van der Waals surface area contributed by atoms with E-state index >= 15 is 0 Å². The van der Waals surface area contributed by atoms with E-state index in [0.29, 0.717) is 22.8 Å². The number of rotatable bonds is 5. The normalized spacial score (nSPS) is 13.8. The average Bonchev–Trinajstić information content (AvgIpc) is 2.91. The fourth-order valence-electron chi connectivity index (χ4n) is 3.63. The third-order valence-electron chi connectivity index (χ3n) is 4.87. The van der Waals surface area contributed by atoms with Crippen molar-refractivity contribution in [3.63, 3.8) is 0 Å². The predicted octanol–water partition coefficient (Wildman–Crippen LogP) is 4.40. The Morgan fingerprint density at radius 2 is 1.85 bits per heavy atom. The molecular formula is C19H22F3N3O. The molecule has 0 saturated carbocycles. The van der Waals surface area contributed by atoms with Crippen molar-refractivity contribution in [2.45, 2.75) is 33.0 Å². The number of aromatic nitrogens is 2. The van der Waals surface area contributed by atoms with Gasteiger partial charge in [-0.1, -0.05) is 13.8 Å². The number of nitrogens with one attached hydrogen (secondary N) is 1. The highest BCUT2D eigenvalue weighted by molar-refractivity contribution is 6.08. The predicted molar refractivity (Wildman–Crippen MR) is 97.6 cm³/mol. The van der Waals surface area contributed by atoms with Crippen LogP contribution in [0.5, 0.6) is 0 Å². The number of halogens is 3. The first-order chi connectivity index (χ1) is 12.3.